The highest BCUT2D eigenvalue weighted by Crippen LogP contribution is 2.35. The number of ether oxygens (including phenoxy) is 5. The summed E-state index contributed by atoms with van der Waals surface area (Å²) in [5, 5.41) is 0. The highest BCUT2D eigenvalue weighted by atomic mass is 32.2. The molecule has 0 spiro atoms. The Kier molecular flexibility index (Phi) is 36.2. The van der Waals surface area contributed by atoms with E-state index in [1.807, 2.05) is 115 Å². The molecule has 0 saturated carbocycles. The molecule has 10 rings (SSSR count). The van der Waals surface area contributed by atoms with Gasteiger partial charge in [-0.25, -0.2) is 8.42 Å². The van der Waals surface area contributed by atoms with Crippen molar-refractivity contribution in [1.82, 2.24) is 29.4 Å². The predicted molar refractivity (Wildman–Crippen MR) is 461 cm³/mol. The van der Waals surface area contributed by atoms with Crippen LogP contribution in [0.2, 0.25) is 0 Å². The Morgan fingerprint density at radius 3 is 0.720 bits per heavy atom. The molecular formula is C93H105F3N6O14S2. The minimum atomic E-state index is -4.37. The van der Waals surface area contributed by atoms with Gasteiger partial charge in [-0.05, 0) is 206 Å². The van der Waals surface area contributed by atoms with E-state index in [4.69, 9.17) is 23.7 Å². The van der Waals surface area contributed by atoms with Gasteiger partial charge >= 0.3 is 6.18 Å². The molecule has 118 heavy (non-hydrogen) atoms. The number of carbonyl (C=O) groups is 7. The first-order valence-electron chi connectivity index (χ1n) is 37.1. The summed E-state index contributed by atoms with van der Waals surface area (Å²) < 4.78 is 87.4. The third kappa shape index (κ3) is 26.8. The summed E-state index contributed by atoms with van der Waals surface area (Å²) in [4.78, 5) is 94.7. The van der Waals surface area contributed by atoms with Crippen molar-refractivity contribution in [2.45, 2.75) is 55.9 Å². The lowest BCUT2D eigenvalue weighted by Crippen LogP contribution is -2.22. The van der Waals surface area contributed by atoms with Crippen molar-refractivity contribution in [2.24, 2.45) is 0 Å². The number of rotatable bonds is 24. The molecule has 624 valence electrons. The van der Waals surface area contributed by atoms with Crippen LogP contribution < -0.4 is 0 Å². The van der Waals surface area contributed by atoms with Gasteiger partial charge in [0, 0.05) is 170 Å². The summed E-state index contributed by atoms with van der Waals surface area (Å²) in [5.74, 6) is -0.299. The Bertz CT molecular complexity index is 5210. The number of amides is 6. The SMILES string of the molecule is COCc1cc(C(=O)N(C)C)ccc1-c1ccc(C(=O)N(C)C)cc1.COCc1cc(C(=O)N(C)C)ccc1-c1ccc(C(C)=O)cc1.COCc1cc(C(=O)N(C)C)ccc1-c1ccc(C(F)(F)F)cc1.COCc1cc(C(=O)N(C)C)ccc1-c1ccc(S(C)(=O)=O)cc1.COCc1cc(C(=O)N(C)C)ccc1-c1ccc(SC)cc1. The van der Waals surface area contributed by atoms with Crippen LogP contribution in [0.15, 0.2) is 222 Å². The number of Topliss-reactive ketones (excluding diaryl/α,β-unsaturated/α-hetero) is 1. The zero-order chi connectivity index (χ0) is 87.5. The summed E-state index contributed by atoms with van der Waals surface area (Å²) >= 11 is 1.72. The molecule has 6 amide bonds. The fourth-order valence-corrected chi connectivity index (χ4v) is 13.2. The van der Waals surface area contributed by atoms with Gasteiger partial charge in [0.15, 0.2) is 15.6 Å². The van der Waals surface area contributed by atoms with Crippen LogP contribution in [0.4, 0.5) is 13.2 Å². The highest BCUT2D eigenvalue weighted by Gasteiger charge is 2.30. The molecule has 0 radical (unpaired) electrons. The van der Waals surface area contributed by atoms with E-state index in [1.54, 1.807) is 200 Å². The first-order valence-corrected chi connectivity index (χ1v) is 40.2. The number of methoxy groups -OCH3 is 5. The van der Waals surface area contributed by atoms with Crippen molar-refractivity contribution in [3.05, 3.63) is 285 Å². The number of benzene rings is 10. The maximum Gasteiger partial charge on any atom is 0.416 e. The van der Waals surface area contributed by atoms with Crippen LogP contribution in [0, 0.1) is 0 Å². The lowest BCUT2D eigenvalue weighted by Gasteiger charge is -2.15. The second-order valence-electron chi connectivity index (χ2n) is 28.5. The lowest BCUT2D eigenvalue weighted by molar-refractivity contribution is -0.137. The molecule has 0 atom stereocenters. The van der Waals surface area contributed by atoms with E-state index in [2.05, 4.69) is 30.5 Å². The zero-order valence-electron chi connectivity index (χ0n) is 70.6. The topological polar surface area (TPSA) is 219 Å². The number of sulfone groups is 1. The largest absolute Gasteiger partial charge is 0.416 e. The number of alkyl halides is 3. The van der Waals surface area contributed by atoms with Gasteiger partial charge in [0.05, 0.1) is 43.5 Å². The van der Waals surface area contributed by atoms with Crippen LogP contribution in [0.1, 0.15) is 113 Å². The van der Waals surface area contributed by atoms with Gasteiger partial charge < -0.3 is 53.1 Å². The monoisotopic (exact) mass is 1650 g/mol. The average molecular weight is 1650 g/mol. The number of halogens is 3. The van der Waals surface area contributed by atoms with E-state index in [9.17, 15) is 55.2 Å². The van der Waals surface area contributed by atoms with E-state index < -0.39 is 21.6 Å². The minimum Gasteiger partial charge on any atom is -0.380 e. The fourth-order valence-electron chi connectivity index (χ4n) is 12.1. The van der Waals surface area contributed by atoms with Crippen LogP contribution in [-0.2, 0) is 72.7 Å². The number of thioether (sulfide) groups is 1. The van der Waals surface area contributed by atoms with E-state index >= 15 is 0 Å². The van der Waals surface area contributed by atoms with E-state index in [-0.39, 0.29) is 52.7 Å². The smallest absolute Gasteiger partial charge is 0.380 e. The van der Waals surface area contributed by atoms with E-state index in [1.165, 1.54) is 40.2 Å². The first-order chi connectivity index (χ1) is 55.8. The van der Waals surface area contributed by atoms with Crippen LogP contribution in [0.5, 0.6) is 0 Å². The molecule has 0 aliphatic carbocycles. The van der Waals surface area contributed by atoms with Gasteiger partial charge in [-0.3, -0.25) is 33.6 Å². The third-order valence-electron chi connectivity index (χ3n) is 18.3. The van der Waals surface area contributed by atoms with Gasteiger partial charge in [-0.2, -0.15) is 13.2 Å². The Hall–Kier alpha value is -11.4. The summed E-state index contributed by atoms with van der Waals surface area (Å²) in [6.45, 7) is 3.46. The molecule has 0 unspecified atom stereocenters. The Morgan fingerprint density at radius 1 is 0.314 bits per heavy atom. The minimum absolute atomic E-state index is 0.00151. The molecule has 0 N–H and O–H groups in total. The van der Waals surface area contributed by atoms with Crippen LogP contribution in [0.25, 0.3) is 55.6 Å². The van der Waals surface area contributed by atoms with Crippen LogP contribution >= 0.6 is 11.8 Å². The Labute approximate surface area is 696 Å². The van der Waals surface area contributed by atoms with E-state index in [0.29, 0.717) is 70.9 Å². The zero-order valence-corrected chi connectivity index (χ0v) is 72.2. The molecule has 10 aromatic rings. The van der Waals surface area contributed by atoms with Gasteiger partial charge in [0.1, 0.15) is 0 Å². The number of ketones is 1. The summed E-state index contributed by atoms with van der Waals surface area (Å²) in [7, 11) is 25.4. The number of hydrogen-bond acceptors (Lipinski definition) is 15. The van der Waals surface area contributed by atoms with Crippen LogP contribution in [0.3, 0.4) is 0 Å². The highest BCUT2D eigenvalue weighted by molar-refractivity contribution is 7.98. The number of nitrogens with zero attached hydrogens (tertiary/aromatic N) is 6. The van der Waals surface area contributed by atoms with Crippen molar-refractivity contribution in [3.63, 3.8) is 0 Å². The standard InChI is InChI=1S/C20H24N2O3.C19H21NO3.C18H18F3NO2.C18H21NO4S.C18H21NO2S/c1-21(2)19(23)15-8-6-14(7-9-15)18-11-10-16(20(24)22(3)4)12-17(18)13-25-5;1-13(21)14-5-7-15(8-6-14)18-10-9-16(19(22)20(2)3)11-17(18)12-23-4;1-22(2)17(23)13-6-9-16(14(10-13)11-24-3)12-4-7-15(8-5-12)18(19,20)21;1-19(2)18(20)14-7-10-17(15(11-14)12-23-3)13-5-8-16(9-6-13)24(4,21)22;1-19(2)18(20)14-7-10-17(15(11-14)12-21-3)13-5-8-16(22-4)9-6-13/h6-12H,13H2,1-5H3;5-11H,12H2,1-4H3;4-10H,11H2,1-3H3;5-11H,12H2,1-4H3;5-11H,12H2,1-4H3. The molecule has 0 aliphatic rings. The molecule has 20 nitrogen and oxygen atoms in total. The van der Waals surface area contributed by atoms with Crippen molar-refractivity contribution in [3.8, 4) is 55.6 Å². The van der Waals surface area contributed by atoms with E-state index in [0.717, 1.165) is 90.0 Å². The molecule has 0 fully saturated rings. The maximum atomic E-state index is 12.7. The summed E-state index contributed by atoms with van der Waals surface area (Å²) in [6, 6.07) is 62.5. The van der Waals surface area contributed by atoms with Crippen molar-refractivity contribution >= 4 is 62.8 Å². The van der Waals surface area contributed by atoms with Crippen LogP contribution in [-0.4, -0.2) is 212 Å². The summed E-state index contributed by atoms with van der Waals surface area (Å²) in [6.07, 6.45) is -1.12. The summed E-state index contributed by atoms with van der Waals surface area (Å²) in [5.41, 5.74) is 17.5. The van der Waals surface area contributed by atoms with Gasteiger partial charge in [0.25, 0.3) is 35.4 Å². The number of hydrogen-bond donors (Lipinski definition) is 0. The third-order valence-corrected chi connectivity index (χ3v) is 20.1. The Balaban J connectivity index is 0.000000229. The van der Waals surface area contributed by atoms with Crippen molar-refractivity contribution in [1.29, 1.82) is 0 Å². The van der Waals surface area contributed by atoms with Crippen molar-refractivity contribution in [2.75, 3.05) is 133 Å². The van der Waals surface area contributed by atoms with Gasteiger partial charge in [-0.15, -0.1) is 11.8 Å². The molecule has 0 aliphatic heterocycles. The lowest BCUT2D eigenvalue weighted by atomic mass is 9.96. The predicted octanol–water partition coefficient (Wildman–Crippen LogP) is 17.1. The Morgan fingerprint density at radius 2 is 0.517 bits per heavy atom. The average Bonchev–Trinajstić information content (AvgIpc) is 0.822. The number of carbonyl (C=O) groups excluding carboxylic acids is 7. The van der Waals surface area contributed by atoms with Gasteiger partial charge in [-0.1, -0.05) is 103 Å². The second-order valence-corrected chi connectivity index (χ2v) is 31.4. The molecule has 10 aromatic carbocycles. The second kappa shape index (κ2) is 44.8. The molecule has 0 heterocycles. The molecule has 0 aromatic heterocycles. The molecule has 25 heteroatoms. The maximum absolute atomic E-state index is 12.7. The van der Waals surface area contributed by atoms with Crippen molar-refractivity contribution < 1.29 is 78.8 Å². The molecule has 0 bridgehead atoms. The quantitative estimate of drug-likeness (QED) is 0.0406. The van der Waals surface area contributed by atoms with Gasteiger partial charge in [0.2, 0.25) is 0 Å². The molecular weight excluding hydrogens is 1550 g/mol. The first kappa shape index (κ1) is 95.4. The molecule has 0 saturated heterocycles. The normalized spacial score (nSPS) is 10.8. The fraction of sp³-hybridized carbons (Fsp3) is 0.280.